The number of benzene rings is 1. The zero-order chi connectivity index (χ0) is 16.2. The Morgan fingerprint density at radius 1 is 1.26 bits per heavy atom. The highest BCUT2D eigenvalue weighted by Crippen LogP contribution is 2.29. The smallest absolute Gasteiger partial charge is 0.237 e. The first-order chi connectivity index (χ1) is 11.1. The average molecular weight is 388 g/mol. The summed E-state index contributed by atoms with van der Waals surface area (Å²) in [6, 6.07) is 11.6. The van der Waals surface area contributed by atoms with Crippen LogP contribution in [0.3, 0.4) is 0 Å². The minimum Gasteiger partial charge on any atom is -0.325 e. The number of hydrogen-bond donors (Lipinski definition) is 1. The van der Waals surface area contributed by atoms with Gasteiger partial charge in [-0.05, 0) is 31.2 Å². The van der Waals surface area contributed by atoms with E-state index in [2.05, 4.69) is 31.2 Å². The van der Waals surface area contributed by atoms with Crippen molar-refractivity contribution >= 4 is 38.9 Å². The monoisotopic (exact) mass is 387 g/mol. The van der Waals surface area contributed by atoms with Crippen LogP contribution in [0.4, 0.5) is 5.69 Å². The topological polar surface area (TPSA) is 54.9 Å². The zero-order valence-corrected chi connectivity index (χ0v) is 14.8. The molecule has 1 unspecified atom stereocenters. The van der Waals surface area contributed by atoms with Gasteiger partial charge in [0.1, 0.15) is 5.01 Å². The highest BCUT2D eigenvalue weighted by atomic mass is 79.9. The van der Waals surface area contributed by atoms with Crippen LogP contribution in [0.15, 0.2) is 54.2 Å². The third kappa shape index (κ3) is 3.83. The van der Waals surface area contributed by atoms with Crippen molar-refractivity contribution in [1.29, 1.82) is 0 Å². The van der Waals surface area contributed by atoms with Gasteiger partial charge in [-0.25, -0.2) is 4.98 Å². The first-order valence-electron chi connectivity index (χ1n) is 7.05. The number of carbonyl (C=O) groups excluding carboxylic acids is 1. The van der Waals surface area contributed by atoms with Crippen molar-refractivity contribution in [1.82, 2.24) is 9.97 Å². The summed E-state index contributed by atoms with van der Waals surface area (Å²) in [6.45, 7) is 1.79. The minimum absolute atomic E-state index is 0.0727. The number of alkyl halides is 1. The van der Waals surface area contributed by atoms with Gasteiger partial charge in [0.2, 0.25) is 5.91 Å². The number of nitrogens with zero attached hydrogens (tertiary/aromatic N) is 2. The minimum atomic E-state index is -0.234. The largest absolute Gasteiger partial charge is 0.325 e. The van der Waals surface area contributed by atoms with Gasteiger partial charge < -0.3 is 5.32 Å². The van der Waals surface area contributed by atoms with Crippen LogP contribution in [0.1, 0.15) is 6.92 Å². The molecule has 0 aliphatic carbocycles. The molecule has 6 heteroatoms. The maximum Gasteiger partial charge on any atom is 0.237 e. The molecular weight excluding hydrogens is 374 g/mol. The number of nitrogens with one attached hydrogen (secondary N) is 1. The molecule has 4 nitrogen and oxygen atoms in total. The van der Waals surface area contributed by atoms with Crippen LogP contribution >= 0.6 is 27.3 Å². The lowest BCUT2D eigenvalue weighted by Gasteiger charge is -2.07. The molecule has 1 atom stereocenters. The van der Waals surface area contributed by atoms with Gasteiger partial charge in [-0.15, -0.1) is 11.3 Å². The summed E-state index contributed by atoms with van der Waals surface area (Å²) in [6.07, 6.45) is 3.55. The Hall–Kier alpha value is -2.05. The molecule has 2 heterocycles. The molecule has 3 aromatic rings. The fraction of sp³-hybridized carbons (Fsp3) is 0.118. The van der Waals surface area contributed by atoms with Gasteiger partial charge in [0.25, 0.3) is 0 Å². The van der Waals surface area contributed by atoms with Crippen molar-refractivity contribution in [2.75, 3.05) is 5.32 Å². The van der Waals surface area contributed by atoms with Crippen molar-refractivity contribution in [2.45, 2.75) is 11.8 Å². The summed E-state index contributed by atoms with van der Waals surface area (Å²) < 4.78 is 0. The lowest BCUT2D eigenvalue weighted by atomic mass is 10.1. The molecule has 23 heavy (non-hydrogen) atoms. The third-order valence-electron chi connectivity index (χ3n) is 3.20. The average Bonchev–Trinajstić information content (AvgIpc) is 3.06. The summed E-state index contributed by atoms with van der Waals surface area (Å²) in [7, 11) is 0. The van der Waals surface area contributed by atoms with Gasteiger partial charge >= 0.3 is 0 Å². The van der Waals surface area contributed by atoms with E-state index in [4.69, 9.17) is 0 Å². The molecule has 0 radical (unpaired) electrons. The Morgan fingerprint density at radius 3 is 2.83 bits per heavy atom. The van der Waals surface area contributed by atoms with E-state index in [1.54, 1.807) is 30.7 Å². The van der Waals surface area contributed by atoms with Crippen LogP contribution < -0.4 is 5.32 Å². The second-order valence-electron chi connectivity index (χ2n) is 4.97. The molecule has 0 bridgehead atoms. The highest BCUT2D eigenvalue weighted by molar-refractivity contribution is 9.10. The second-order valence-corrected chi connectivity index (χ2v) is 7.20. The predicted octanol–water partition coefficient (Wildman–Crippen LogP) is 4.59. The number of hydrogen-bond acceptors (Lipinski definition) is 4. The molecule has 0 spiro atoms. The summed E-state index contributed by atoms with van der Waals surface area (Å²) in [5.74, 6) is -0.0727. The SMILES string of the molecule is CC(Br)C(=O)Nc1cccc(-c2csc(-c3cccnc3)n2)c1. The van der Waals surface area contributed by atoms with Crippen LogP contribution in [-0.4, -0.2) is 20.7 Å². The molecule has 1 aromatic carbocycles. The summed E-state index contributed by atoms with van der Waals surface area (Å²) >= 11 is 4.84. The van der Waals surface area contributed by atoms with Crippen molar-refractivity contribution in [2.24, 2.45) is 0 Å². The fourth-order valence-corrected chi connectivity index (χ4v) is 2.96. The van der Waals surface area contributed by atoms with Crippen LogP contribution in [0.25, 0.3) is 21.8 Å². The molecule has 1 N–H and O–H groups in total. The molecule has 0 saturated heterocycles. The Kier molecular flexibility index (Phi) is 4.83. The Labute approximate surface area is 146 Å². The van der Waals surface area contributed by atoms with Gasteiger partial charge in [0, 0.05) is 34.6 Å². The quantitative estimate of drug-likeness (QED) is 0.665. The number of aromatic nitrogens is 2. The van der Waals surface area contributed by atoms with E-state index < -0.39 is 0 Å². The molecule has 0 saturated carbocycles. The normalized spacial score (nSPS) is 11.9. The van der Waals surface area contributed by atoms with Gasteiger partial charge in [-0.3, -0.25) is 9.78 Å². The standard InChI is InChI=1S/C17H14BrN3OS/c1-11(18)16(22)20-14-6-2-4-12(8-14)15-10-23-17(21-15)13-5-3-7-19-9-13/h2-11H,1H3,(H,20,22). The first-order valence-corrected chi connectivity index (χ1v) is 8.84. The molecule has 0 fully saturated rings. The van der Waals surface area contributed by atoms with E-state index in [0.29, 0.717) is 0 Å². The molecule has 0 aliphatic heterocycles. The number of thiazole rings is 1. The van der Waals surface area contributed by atoms with Crippen LogP contribution in [0.2, 0.25) is 0 Å². The second kappa shape index (κ2) is 7.02. The van der Waals surface area contributed by atoms with Gasteiger partial charge in [0.15, 0.2) is 0 Å². The van der Waals surface area contributed by atoms with Crippen molar-refractivity contribution in [3.63, 3.8) is 0 Å². The molecular formula is C17H14BrN3OS. The van der Waals surface area contributed by atoms with E-state index in [-0.39, 0.29) is 10.7 Å². The third-order valence-corrected chi connectivity index (χ3v) is 4.51. The lowest BCUT2D eigenvalue weighted by Crippen LogP contribution is -2.19. The lowest BCUT2D eigenvalue weighted by molar-refractivity contribution is -0.115. The van der Waals surface area contributed by atoms with E-state index in [0.717, 1.165) is 27.5 Å². The van der Waals surface area contributed by atoms with E-state index >= 15 is 0 Å². The van der Waals surface area contributed by atoms with Crippen molar-refractivity contribution in [3.8, 4) is 21.8 Å². The number of pyridine rings is 1. The van der Waals surface area contributed by atoms with E-state index in [1.807, 2.05) is 41.8 Å². The van der Waals surface area contributed by atoms with Crippen LogP contribution in [0, 0.1) is 0 Å². The molecule has 3 rings (SSSR count). The van der Waals surface area contributed by atoms with E-state index in [9.17, 15) is 4.79 Å². The Morgan fingerprint density at radius 2 is 2.09 bits per heavy atom. The van der Waals surface area contributed by atoms with Crippen molar-refractivity contribution in [3.05, 3.63) is 54.2 Å². The van der Waals surface area contributed by atoms with Gasteiger partial charge in [-0.1, -0.05) is 28.1 Å². The maximum atomic E-state index is 11.8. The first kappa shape index (κ1) is 15.8. The summed E-state index contributed by atoms with van der Waals surface area (Å²) in [5, 5.41) is 5.81. The van der Waals surface area contributed by atoms with Gasteiger partial charge in [0.05, 0.1) is 10.5 Å². The van der Waals surface area contributed by atoms with Crippen LogP contribution in [0.5, 0.6) is 0 Å². The molecule has 0 aliphatic rings. The molecule has 1 amide bonds. The van der Waals surface area contributed by atoms with Gasteiger partial charge in [-0.2, -0.15) is 0 Å². The summed E-state index contributed by atoms with van der Waals surface area (Å²) in [5.41, 5.74) is 3.62. The number of rotatable bonds is 4. The fourth-order valence-electron chi connectivity index (χ4n) is 2.03. The number of halogens is 1. The van der Waals surface area contributed by atoms with Crippen molar-refractivity contribution < 1.29 is 4.79 Å². The molecule has 2 aromatic heterocycles. The predicted molar refractivity (Wildman–Crippen MR) is 97.8 cm³/mol. The number of anilines is 1. The molecule has 116 valence electrons. The summed E-state index contributed by atoms with van der Waals surface area (Å²) in [4.78, 5) is 20.3. The maximum absolute atomic E-state index is 11.8. The zero-order valence-electron chi connectivity index (χ0n) is 12.4. The Bertz CT molecular complexity index is 817. The Balaban J connectivity index is 1.85. The van der Waals surface area contributed by atoms with E-state index in [1.165, 1.54) is 0 Å². The highest BCUT2D eigenvalue weighted by Gasteiger charge is 2.10. The number of carbonyl (C=O) groups is 1. The number of amides is 1. The van der Waals surface area contributed by atoms with Crippen LogP contribution in [-0.2, 0) is 4.79 Å².